The molecule has 0 aromatic heterocycles. The van der Waals surface area contributed by atoms with E-state index in [-0.39, 0.29) is 36.2 Å². The van der Waals surface area contributed by atoms with E-state index in [0.29, 0.717) is 25.0 Å². The topological polar surface area (TPSA) is 61.4 Å². The number of amides is 2. The van der Waals surface area contributed by atoms with E-state index in [1.165, 1.54) is 12.8 Å². The summed E-state index contributed by atoms with van der Waals surface area (Å²) in [5.41, 5.74) is 0. The predicted octanol–water partition coefficient (Wildman–Crippen LogP) is 1.46. The summed E-state index contributed by atoms with van der Waals surface area (Å²) < 4.78 is 0. The SMILES string of the molecule is CC1CC(NC(=O)C2CC(=O)N(C3CCCC3)C2)CCN1.Cl. The van der Waals surface area contributed by atoms with E-state index in [2.05, 4.69) is 17.6 Å². The number of likely N-dealkylation sites (tertiary alicyclic amines) is 1. The molecule has 3 aliphatic rings. The number of nitrogens with zero attached hydrogens (tertiary/aromatic N) is 1. The van der Waals surface area contributed by atoms with Crippen LogP contribution in [0, 0.1) is 5.92 Å². The van der Waals surface area contributed by atoms with Crippen LogP contribution in [0.2, 0.25) is 0 Å². The molecule has 3 unspecified atom stereocenters. The molecule has 0 aromatic carbocycles. The van der Waals surface area contributed by atoms with Gasteiger partial charge in [0.15, 0.2) is 0 Å². The predicted molar refractivity (Wildman–Crippen MR) is 88.0 cm³/mol. The minimum Gasteiger partial charge on any atom is -0.353 e. The molecule has 3 rings (SSSR count). The molecular formula is C16H28ClN3O2. The number of nitrogens with one attached hydrogen (secondary N) is 2. The lowest BCUT2D eigenvalue weighted by Gasteiger charge is -2.29. The highest BCUT2D eigenvalue weighted by Crippen LogP contribution is 2.29. The second-order valence-corrected chi connectivity index (χ2v) is 6.97. The van der Waals surface area contributed by atoms with Crippen LogP contribution in [0.1, 0.15) is 51.9 Å². The summed E-state index contributed by atoms with van der Waals surface area (Å²) in [5, 5.41) is 6.56. The van der Waals surface area contributed by atoms with Gasteiger partial charge in [0.1, 0.15) is 0 Å². The maximum Gasteiger partial charge on any atom is 0.225 e. The third-order valence-corrected chi connectivity index (χ3v) is 5.26. The molecule has 0 bridgehead atoms. The fourth-order valence-corrected chi connectivity index (χ4v) is 4.06. The van der Waals surface area contributed by atoms with Gasteiger partial charge in [0.25, 0.3) is 0 Å². The molecule has 0 aromatic rings. The molecule has 6 heteroatoms. The maximum atomic E-state index is 12.4. The number of rotatable bonds is 3. The number of hydrogen-bond acceptors (Lipinski definition) is 3. The van der Waals surface area contributed by atoms with Crippen molar-refractivity contribution in [2.45, 2.75) is 70.0 Å². The van der Waals surface area contributed by atoms with Crippen LogP contribution in [0.15, 0.2) is 0 Å². The summed E-state index contributed by atoms with van der Waals surface area (Å²) in [5.74, 6) is 0.131. The van der Waals surface area contributed by atoms with Gasteiger partial charge in [0.2, 0.25) is 11.8 Å². The summed E-state index contributed by atoms with van der Waals surface area (Å²) in [7, 11) is 0. The van der Waals surface area contributed by atoms with Crippen LogP contribution >= 0.6 is 12.4 Å². The van der Waals surface area contributed by atoms with Crippen LogP contribution in [0.4, 0.5) is 0 Å². The third-order valence-electron chi connectivity index (χ3n) is 5.26. The lowest BCUT2D eigenvalue weighted by molar-refractivity contribution is -0.130. The molecule has 22 heavy (non-hydrogen) atoms. The fraction of sp³-hybridized carbons (Fsp3) is 0.875. The first-order valence-electron chi connectivity index (χ1n) is 8.46. The zero-order valence-corrected chi connectivity index (χ0v) is 14.2. The Hall–Kier alpha value is -0.810. The monoisotopic (exact) mass is 329 g/mol. The molecule has 0 radical (unpaired) electrons. The van der Waals surface area contributed by atoms with Gasteiger partial charge >= 0.3 is 0 Å². The molecule has 3 fully saturated rings. The van der Waals surface area contributed by atoms with Gasteiger partial charge in [-0.25, -0.2) is 0 Å². The molecule has 1 aliphatic carbocycles. The van der Waals surface area contributed by atoms with Crippen molar-refractivity contribution in [2.75, 3.05) is 13.1 Å². The van der Waals surface area contributed by atoms with Gasteiger partial charge in [-0.15, -0.1) is 12.4 Å². The van der Waals surface area contributed by atoms with Gasteiger partial charge in [-0.05, 0) is 39.2 Å². The Bertz CT molecular complexity index is 412. The van der Waals surface area contributed by atoms with E-state index in [1.807, 2.05) is 4.90 Å². The Morgan fingerprint density at radius 1 is 1.27 bits per heavy atom. The lowest BCUT2D eigenvalue weighted by atomic mass is 9.99. The van der Waals surface area contributed by atoms with Crippen molar-refractivity contribution in [3.05, 3.63) is 0 Å². The quantitative estimate of drug-likeness (QED) is 0.824. The molecule has 2 aliphatic heterocycles. The highest BCUT2D eigenvalue weighted by molar-refractivity contribution is 5.89. The Labute approximate surface area is 139 Å². The van der Waals surface area contributed by atoms with Gasteiger partial charge in [0.05, 0.1) is 5.92 Å². The van der Waals surface area contributed by atoms with E-state index in [0.717, 1.165) is 32.2 Å². The van der Waals surface area contributed by atoms with Crippen LogP contribution in [0.25, 0.3) is 0 Å². The molecule has 2 N–H and O–H groups in total. The van der Waals surface area contributed by atoms with Gasteiger partial charge < -0.3 is 15.5 Å². The fourth-order valence-electron chi connectivity index (χ4n) is 4.06. The Kier molecular flexibility index (Phi) is 6.09. The summed E-state index contributed by atoms with van der Waals surface area (Å²) in [4.78, 5) is 26.5. The van der Waals surface area contributed by atoms with Crippen LogP contribution in [0.3, 0.4) is 0 Å². The summed E-state index contributed by atoms with van der Waals surface area (Å²) in [6, 6.07) is 1.13. The van der Waals surface area contributed by atoms with Gasteiger partial charge in [0, 0.05) is 31.1 Å². The minimum absolute atomic E-state index is 0. The third kappa shape index (κ3) is 3.93. The van der Waals surface area contributed by atoms with E-state index in [9.17, 15) is 9.59 Å². The van der Waals surface area contributed by atoms with E-state index in [1.54, 1.807) is 0 Å². The first-order chi connectivity index (χ1) is 10.1. The maximum absolute atomic E-state index is 12.4. The van der Waals surface area contributed by atoms with E-state index >= 15 is 0 Å². The van der Waals surface area contributed by atoms with Crippen molar-refractivity contribution < 1.29 is 9.59 Å². The number of carbonyl (C=O) groups excluding carboxylic acids is 2. The summed E-state index contributed by atoms with van der Waals surface area (Å²) >= 11 is 0. The molecule has 126 valence electrons. The van der Waals surface area contributed by atoms with E-state index < -0.39 is 0 Å². The zero-order chi connectivity index (χ0) is 14.8. The van der Waals surface area contributed by atoms with E-state index in [4.69, 9.17) is 0 Å². The largest absolute Gasteiger partial charge is 0.353 e. The zero-order valence-electron chi connectivity index (χ0n) is 13.3. The van der Waals surface area contributed by atoms with Crippen molar-refractivity contribution >= 4 is 24.2 Å². The molecule has 1 saturated carbocycles. The Morgan fingerprint density at radius 2 is 2.00 bits per heavy atom. The summed E-state index contributed by atoms with van der Waals surface area (Å²) in [6.07, 6.45) is 7.05. The highest BCUT2D eigenvalue weighted by Gasteiger charge is 2.39. The second kappa shape index (κ2) is 7.64. The van der Waals surface area contributed by atoms with Crippen LogP contribution in [-0.4, -0.2) is 47.9 Å². The molecule has 3 atom stereocenters. The number of carbonyl (C=O) groups is 2. The van der Waals surface area contributed by atoms with Gasteiger partial charge in [-0.3, -0.25) is 9.59 Å². The first kappa shape index (κ1) is 17.5. The van der Waals surface area contributed by atoms with Gasteiger partial charge in [-0.2, -0.15) is 0 Å². The molecule has 2 saturated heterocycles. The van der Waals surface area contributed by atoms with Crippen molar-refractivity contribution in [1.82, 2.24) is 15.5 Å². The average molecular weight is 330 g/mol. The molecule has 5 nitrogen and oxygen atoms in total. The van der Waals surface area contributed by atoms with Crippen LogP contribution < -0.4 is 10.6 Å². The van der Waals surface area contributed by atoms with Crippen molar-refractivity contribution in [3.63, 3.8) is 0 Å². The normalized spacial score (nSPS) is 32.9. The minimum atomic E-state index is -0.136. The molecule has 2 amide bonds. The number of hydrogen-bond donors (Lipinski definition) is 2. The van der Waals surface area contributed by atoms with Crippen molar-refractivity contribution in [3.8, 4) is 0 Å². The summed E-state index contributed by atoms with van der Waals surface area (Å²) in [6.45, 7) is 3.75. The first-order valence-corrected chi connectivity index (χ1v) is 8.46. The number of piperidine rings is 1. The second-order valence-electron chi connectivity index (χ2n) is 6.97. The van der Waals surface area contributed by atoms with Gasteiger partial charge in [-0.1, -0.05) is 12.8 Å². The van der Waals surface area contributed by atoms with Crippen LogP contribution in [-0.2, 0) is 9.59 Å². The Balaban J connectivity index is 0.00000176. The molecular weight excluding hydrogens is 302 g/mol. The Morgan fingerprint density at radius 3 is 2.68 bits per heavy atom. The average Bonchev–Trinajstić information content (AvgIpc) is 3.07. The lowest BCUT2D eigenvalue weighted by Crippen LogP contribution is -2.48. The van der Waals surface area contributed by atoms with Crippen LogP contribution in [0.5, 0.6) is 0 Å². The molecule has 0 spiro atoms. The van der Waals surface area contributed by atoms with Crippen molar-refractivity contribution in [2.24, 2.45) is 5.92 Å². The van der Waals surface area contributed by atoms with Crippen molar-refractivity contribution in [1.29, 1.82) is 0 Å². The number of halogens is 1. The smallest absolute Gasteiger partial charge is 0.225 e. The molecule has 2 heterocycles. The highest BCUT2D eigenvalue weighted by atomic mass is 35.5. The standard InChI is InChI=1S/C16H27N3O2.ClH/c1-11-8-13(6-7-17-11)18-16(21)12-9-15(20)19(10-12)14-4-2-3-5-14;/h11-14,17H,2-10H2,1H3,(H,18,21);1H.